The van der Waals surface area contributed by atoms with Crippen molar-refractivity contribution in [3.8, 4) is 0 Å². The van der Waals surface area contributed by atoms with E-state index in [-0.39, 0.29) is 11.8 Å². The lowest BCUT2D eigenvalue weighted by Gasteiger charge is -2.00. The summed E-state index contributed by atoms with van der Waals surface area (Å²) in [6.45, 7) is 3.35. The number of nitrogens with zero attached hydrogens (tertiary/aromatic N) is 1. The Morgan fingerprint density at radius 3 is 2.58 bits per heavy atom. The summed E-state index contributed by atoms with van der Waals surface area (Å²) in [5.41, 5.74) is 4.66. The van der Waals surface area contributed by atoms with Crippen LogP contribution >= 0.6 is 0 Å². The summed E-state index contributed by atoms with van der Waals surface area (Å²) in [6, 6.07) is 1.07. The Hall–Kier alpha value is -1.52. The molecule has 12 heavy (non-hydrogen) atoms. The molecule has 0 aliphatic carbocycles. The van der Waals surface area contributed by atoms with E-state index in [4.69, 9.17) is 5.73 Å². The average Bonchev–Trinajstić information content (AvgIpc) is 2.28. The molecular weight excluding hydrogens is 160 g/mol. The van der Waals surface area contributed by atoms with Crippen molar-refractivity contribution in [2.24, 2.45) is 5.92 Å². The maximum absolute atomic E-state index is 11.2. The Morgan fingerprint density at radius 1 is 1.67 bits per heavy atom. The molecule has 0 unspecified atom stereocenters. The molecule has 0 atom stereocenters. The summed E-state index contributed by atoms with van der Waals surface area (Å²) in [5, 5.41) is 0. The van der Waals surface area contributed by atoms with Crippen LogP contribution in [-0.2, 0) is 0 Å². The number of hydrogen-bond donors (Lipinski definition) is 1. The van der Waals surface area contributed by atoms with Crippen LogP contribution in [0.3, 0.4) is 0 Å². The smallest absolute Gasteiger partial charge is 0.292 e. The molecule has 0 saturated heterocycles. The first-order valence-electron chi connectivity index (χ1n) is 3.55. The Labute approximate surface area is 68.7 Å². The first-order chi connectivity index (χ1) is 5.52. The number of rotatable bonds is 1. The molecule has 1 aromatic heterocycles. The van der Waals surface area contributed by atoms with Crippen molar-refractivity contribution in [2.45, 2.75) is 13.8 Å². The molecule has 0 aromatic carbocycles. The van der Waals surface area contributed by atoms with Crippen molar-refractivity contribution in [3.63, 3.8) is 0 Å². The molecule has 5 heteroatoms. The van der Waals surface area contributed by atoms with E-state index in [2.05, 4.69) is 4.52 Å². The van der Waals surface area contributed by atoms with Crippen molar-refractivity contribution in [1.82, 2.24) is 4.74 Å². The number of carbonyl (C=O) groups excluding carboxylic acids is 1. The van der Waals surface area contributed by atoms with E-state index in [1.165, 1.54) is 0 Å². The Morgan fingerprint density at radius 2 is 2.25 bits per heavy atom. The van der Waals surface area contributed by atoms with Gasteiger partial charge in [0.05, 0.1) is 6.07 Å². The summed E-state index contributed by atoms with van der Waals surface area (Å²) in [5.74, 6) is -0.723. The minimum absolute atomic E-state index is 0.0472. The summed E-state index contributed by atoms with van der Waals surface area (Å²) in [7, 11) is 0. The summed E-state index contributed by atoms with van der Waals surface area (Å²) >= 11 is 0. The third-order valence-electron chi connectivity index (χ3n) is 1.36. The zero-order valence-electron chi connectivity index (χ0n) is 6.90. The highest BCUT2D eigenvalue weighted by Gasteiger charge is 2.15. The van der Waals surface area contributed by atoms with E-state index in [1.807, 2.05) is 0 Å². The highest BCUT2D eigenvalue weighted by atomic mass is 16.5. The van der Waals surface area contributed by atoms with Crippen molar-refractivity contribution in [3.05, 3.63) is 16.4 Å². The van der Waals surface area contributed by atoms with Crippen molar-refractivity contribution in [1.29, 1.82) is 0 Å². The fourth-order valence-electron chi connectivity index (χ4n) is 0.745. The zero-order chi connectivity index (χ0) is 9.30. The molecule has 66 valence electrons. The second-order valence-electron chi connectivity index (χ2n) is 2.76. The Bertz CT molecular complexity index is 348. The number of nitrogen functional groups attached to an aromatic ring is 1. The monoisotopic (exact) mass is 170 g/mol. The van der Waals surface area contributed by atoms with Crippen LogP contribution in [0.25, 0.3) is 0 Å². The predicted octanol–water partition coefficient (Wildman–Crippen LogP) is 0.320. The van der Waals surface area contributed by atoms with Crippen LogP contribution in [0, 0.1) is 5.92 Å². The second-order valence-corrected chi connectivity index (χ2v) is 2.76. The molecule has 0 radical (unpaired) electrons. The van der Waals surface area contributed by atoms with Gasteiger partial charge in [0.1, 0.15) is 0 Å². The lowest BCUT2D eigenvalue weighted by molar-refractivity contribution is 0.0731. The number of aromatic nitrogens is 1. The van der Waals surface area contributed by atoms with Gasteiger partial charge in [-0.25, -0.2) is 0 Å². The van der Waals surface area contributed by atoms with Gasteiger partial charge in [-0.15, -0.1) is 4.74 Å². The molecule has 2 N–H and O–H groups in total. The van der Waals surface area contributed by atoms with Crippen molar-refractivity contribution >= 4 is 11.8 Å². The molecule has 0 saturated carbocycles. The quantitative estimate of drug-likeness (QED) is 0.658. The normalized spacial score (nSPS) is 10.6. The highest BCUT2D eigenvalue weighted by Crippen LogP contribution is 2.01. The molecule has 1 rings (SSSR count). The van der Waals surface area contributed by atoms with E-state index >= 15 is 0 Å². The minimum Gasteiger partial charge on any atom is -0.368 e. The first-order valence-corrected chi connectivity index (χ1v) is 3.55. The van der Waals surface area contributed by atoms with Crippen LogP contribution < -0.4 is 11.3 Å². The van der Waals surface area contributed by atoms with E-state index < -0.39 is 11.5 Å². The van der Waals surface area contributed by atoms with Crippen LogP contribution in [0.15, 0.2) is 15.4 Å². The van der Waals surface area contributed by atoms with Gasteiger partial charge in [0.2, 0.25) is 5.88 Å². The number of anilines is 1. The molecule has 0 aliphatic rings. The van der Waals surface area contributed by atoms with Gasteiger partial charge in [0, 0.05) is 5.92 Å². The van der Waals surface area contributed by atoms with Gasteiger partial charge in [0.25, 0.3) is 11.5 Å². The van der Waals surface area contributed by atoms with Gasteiger partial charge >= 0.3 is 0 Å². The van der Waals surface area contributed by atoms with Gasteiger partial charge in [-0.05, 0) is 0 Å². The number of carbonyl (C=O) groups is 1. The summed E-state index contributed by atoms with van der Waals surface area (Å²) in [4.78, 5) is 22.1. The van der Waals surface area contributed by atoms with E-state index in [9.17, 15) is 9.59 Å². The number of nitrogens with two attached hydrogens (primary N) is 1. The molecule has 0 amide bonds. The molecule has 0 bridgehead atoms. The van der Waals surface area contributed by atoms with Crippen LogP contribution in [0.1, 0.15) is 18.6 Å². The van der Waals surface area contributed by atoms with Crippen LogP contribution in [0.4, 0.5) is 5.88 Å². The van der Waals surface area contributed by atoms with Crippen LogP contribution in [0.2, 0.25) is 0 Å². The third kappa shape index (κ3) is 1.39. The van der Waals surface area contributed by atoms with Crippen LogP contribution in [-0.4, -0.2) is 10.6 Å². The van der Waals surface area contributed by atoms with E-state index in [0.717, 1.165) is 6.07 Å². The number of hydrogen-bond acceptors (Lipinski definition) is 4. The molecule has 1 heterocycles. The van der Waals surface area contributed by atoms with Gasteiger partial charge in [-0.2, -0.15) is 0 Å². The average molecular weight is 170 g/mol. The van der Waals surface area contributed by atoms with Gasteiger partial charge < -0.3 is 10.3 Å². The summed E-state index contributed by atoms with van der Waals surface area (Å²) < 4.78 is 5.34. The van der Waals surface area contributed by atoms with Crippen molar-refractivity contribution < 1.29 is 9.32 Å². The zero-order valence-corrected chi connectivity index (χ0v) is 6.90. The molecular formula is C7H10N2O3. The molecule has 5 nitrogen and oxygen atoms in total. The molecule has 1 aromatic rings. The largest absolute Gasteiger partial charge is 0.368 e. The third-order valence-corrected chi connectivity index (χ3v) is 1.36. The summed E-state index contributed by atoms with van der Waals surface area (Å²) in [6.07, 6.45) is 0. The van der Waals surface area contributed by atoms with E-state index in [1.54, 1.807) is 13.8 Å². The minimum atomic E-state index is -0.522. The highest BCUT2D eigenvalue weighted by molar-refractivity contribution is 5.79. The Kier molecular flexibility index (Phi) is 2.03. The van der Waals surface area contributed by atoms with Crippen LogP contribution in [0.5, 0.6) is 0 Å². The lowest BCUT2D eigenvalue weighted by Crippen LogP contribution is -2.25. The molecule has 0 aliphatic heterocycles. The Balaban J connectivity index is 3.11. The molecule has 0 fully saturated rings. The predicted molar refractivity (Wildman–Crippen MR) is 42.8 cm³/mol. The van der Waals surface area contributed by atoms with Gasteiger partial charge in [0.15, 0.2) is 0 Å². The van der Waals surface area contributed by atoms with Gasteiger partial charge in [-0.1, -0.05) is 13.8 Å². The standard InChI is InChI=1S/C7H10N2O3/c1-4(2)7(11)9-6(10)3-5(8)12-9/h3-4H,8H2,1-2H3. The van der Waals surface area contributed by atoms with Gasteiger partial charge in [-0.3, -0.25) is 9.59 Å². The fourth-order valence-corrected chi connectivity index (χ4v) is 0.745. The maximum Gasteiger partial charge on any atom is 0.292 e. The second kappa shape index (κ2) is 2.84. The van der Waals surface area contributed by atoms with Crippen molar-refractivity contribution in [2.75, 3.05) is 5.73 Å². The lowest BCUT2D eigenvalue weighted by atomic mass is 10.2. The van der Waals surface area contributed by atoms with E-state index in [0.29, 0.717) is 4.74 Å². The maximum atomic E-state index is 11.2. The fraction of sp³-hybridized carbons (Fsp3) is 0.429. The first kappa shape index (κ1) is 8.58. The topological polar surface area (TPSA) is 78.2 Å². The molecule has 0 spiro atoms. The SMILES string of the molecule is CC(C)C(=O)n1oc(N)cc1=O.